The van der Waals surface area contributed by atoms with Gasteiger partial charge in [0.1, 0.15) is 0 Å². The van der Waals surface area contributed by atoms with Crippen molar-refractivity contribution in [2.45, 2.75) is 50.7 Å². The highest BCUT2D eigenvalue weighted by atomic mass is 16.5. The van der Waals surface area contributed by atoms with Gasteiger partial charge in [0, 0.05) is 6.04 Å². The molecule has 2 aliphatic rings. The van der Waals surface area contributed by atoms with Crippen molar-refractivity contribution in [1.29, 1.82) is 0 Å². The smallest absolute Gasteiger partial charge is 0.0730 e. The van der Waals surface area contributed by atoms with Crippen LogP contribution in [0.25, 0.3) is 0 Å². The van der Waals surface area contributed by atoms with Crippen LogP contribution in [0.2, 0.25) is 0 Å². The molecular weight excluding hydrogens is 186 g/mol. The molecule has 2 rings (SSSR count). The second kappa shape index (κ2) is 5.47. The van der Waals surface area contributed by atoms with Crippen molar-refractivity contribution in [3.8, 4) is 0 Å². The molecule has 1 fully saturated rings. The van der Waals surface area contributed by atoms with Crippen LogP contribution in [-0.4, -0.2) is 18.8 Å². The monoisotopic (exact) mass is 207 g/mol. The van der Waals surface area contributed by atoms with E-state index in [1.54, 1.807) is 0 Å². The van der Waals surface area contributed by atoms with Crippen LogP contribution in [0, 0.1) is 0 Å². The molecule has 0 aromatic carbocycles. The highest BCUT2D eigenvalue weighted by molar-refractivity contribution is 5.22. The third-order valence-corrected chi connectivity index (χ3v) is 3.29. The summed E-state index contributed by atoms with van der Waals surface area (Å²) in [5.41, 5.74) is 7.35. The summed E-state index contributed by atoms with van der Waals surface area (Å²) in [6.07, 6.45) is 14.1. The van der Waals surface area contributed by atoms with Crippen molar-refractivity contribution in [3.05, 3.63) is 23.8 Å². The maximum Gasteiger partial charge on any atom is 0.0730 e. The number of hydrogen-bond acceptors (Lipinski definition) is 2. The number of rotatable bonds is 3. The topological polar surface area (TPSA) is 35.2 Å². The zero-order chi connectivity index (χ0) is 10.5. The van der Waals surface area contributed by atoms with Crippen LogP contribution in [0.1, 0.15) is 38.5 Å². The largest absolute Gasteiger partial charge is 0.372 e. The minimum atomic E-state index is 0.256. The fourth-order valence-electron chi connectivity index (χ4n) is 2.31. The molecule has 1 saturated carbocycles. The summed E-state index contributed by atoms with van der Waals surface area (Å²) in [5, 5.41) is 0. The van der Waals surface area contributed by atoms with E-state index in [-0.39, 0.29) is 12.1 Å². The quantitative estimate of drug-likeness (QED) is 0.772. The molecule has 2 nitrogen and oxygen atoms in total. The van der Waals surface area contributed by atoms with Gasteiger partial charge in [-0.1, -0.05) is 31.1 Å². The molecule has 2 heteroatoms. The highest BCUT2D eigenvalue weighted by Crippen LogP contribution is 2.21. The standard InChI is InChI=1S/C13H21NO/c14-12-8-4-5-9-13(12)15-10-11-6-2-1-3-7-11/h2,6-7,12-13H,1,3-5,8-10,14H2. The summed E-state index contributed by atoms with van der Waals surface area (Å²) < 4.78 is 5.89. The third-order valence-electron chi connectivity index (χ3n) is 3.29. The van der Waals surface area contributed by atoms with Crippen LogP contribution < -0.4 is 5.73 Å². The third kappa shape index (κ3) is 3.18. The van der Waals surface area contributed by atoms with E-state index >= 15 is 0 Å². The first kappa shape index (κ1) is 10.9. The summed E-state index contributed by atoms with van der Waals surface area (Å²) in [5.74, 6) is 0. The van der Waals surface area contributed by atoms with Gasteiger partial charge in [-0.15, -0.1) is 0 Å². The van der Waals surface area contributed by atoms with Gasteiger partial charge in [-0.3, -0.25) is 0 Å². The van der Waals surface area contributed by atoms with Crippen LogP contribution in [0.15, 0.2) is 23.8 Å². The van der Waals surface area contributed by atoms with Crippen LogP contribution in [0.4, 0.5) is 0 Å². The van der Waals surface area contributed by atoms with Crippen molar-refractivity contribution in [1.82, 2.24) is 0 Å². The Morgan fingerprint density at radius 3 is 2.87 bits per heavy atom. The fourth-order valence-corrected chi connectivity index (χ4v) is 2.31. The number of ether oxygens (including phenoxy) is 1. The van der Waals surface area contributed by atoms with E-state index in [1.807, 2.05) is 0 Å². The van der Waals surface area contributed by atoms with Crippen LogP contribution >= 0.6 is 0 Å². The molecule has 0 aromatic heterocycles. The van der Waals surface area contributed by atoms with Gasteiger partial charge < -0.3 is 10.5 Å². The highest BCUT2D eigenvalue weighted by Gasteiger charge is 2.22. The summed E-state index contributed by atoms with van der Waals surface area (Å²) >= 11 is 0. The lowest BCUT2D eigenvalue weighted by atomic mass is 9.93. The molecule has 2 atom stereocenters. The zero-order valence-corrected chi connectivity index (χ0v) is 9.32. The Balaban J connectivity index is 1.76. The van der Waals surface area contributed by atoms with Gasteiger partial charge >= 0.3 is 0 Å². The number of allylic oxidation sites excluding steroid dienone is 2. The predicted molar refractivity (Wildman–Crippen MR) is 62.6 cm³/mol. The average molecular weight is 207 g/mol. The molecule has 0 heterocycles. The SMILES string of the molecule is NC1CCCCC1OCC1=CCCC=C1. The lowest BCUT2D eigenvalue weighted by Gasteiger charge is -2.28. The van der Waals surface area contributed by atoms with Crippen LogP contribution in [0.5, 0.6) is 0 Å². The van der Waals surface area contributed by atoms with Crippen molar-refractivity contribution in [2.75, 3.05) is 6.61 Å². The van der Waals surface area contributed by atoms with Crippen molar-refractivity contribution >= 4 is 0 Å². The Hall–Kier alpha value is -0.600. The van der Waals surface area contributed by atoms with Crippen LogP contribution in [0.3, 0.4) is 0 Å². The van der Waals surface area contributed by atoms with E-state index < -0.39 is 0 Å². The molecule has 0 saturated heterocycles. The van der Waals surface area contributed by atoms with Crippen molar-refractivity contribution in [2.24, 2.45) is 5.73 Å². The lowest BCUT2D eigenvalue weighted by molar-refractivity contribution is 0.0292. The Kier molecular flexibility index (Phi) is 3.98. The molecule has 0 radical (unpaired) electrons. The maximum atomic E-state index is 6.03. The minimum absolute atomic E-state index is 0.256. The Labute approximate surface area is 92.2 Å². The van der Waals surface area contributed by atoms with Gasteiger partial charge in [-0.05, 0) is 31.3 Å². The predicted octanol–water partition coefficient (Wildman–Crippen LogP) is 2.55. The van der Waals surface area contributed by atoms with Crippen molar-refractivity contribution in [3.63, 3.8) is 0 Å². The molecule has 2 aliphatic carbocycles. The first-order valence-electron chi connectivity index (χ1n) is 6.09. The molecule has 0 aromatic rings. The summed E-state index contributed by atoms with van der Waals surface area (Å²) in [4.78, 5) is 0. The molecular formula is C13H21NO. The van der Waals surface area contributed by atoms with Gasteiger partial charge in [-0.25, -0.2) is 0 Å². The summed E-state index contributed by atoms with van der Waals surface area (Å²) in [6, 6.07) is 0.256. The fraction of sp³-hybridized carbons (Fsp3) is 0.692. The normalized spacial score (nSPS) is 31.4. The zero-order valence-electron chi connectivity index (χ0n) is 9.32. The second-order valence-corrected chi connectivity index (χ2v) is 4.56. The van der Waals surface area contributed by atoms with Crippen molar-refractivity contribution < 1.29 is 4.74 Å². The van der Waals surface area contributed by atoms with E-state index in [9.17, 15) is 0 Å². The summed E-state index contributed by atoms with van der Waals surface area (Å²) in [6.45, 7) is 0.745. The van der Waals surface area contributed by atoms with E-state index in [1.165, 1.54) is 24.8 Å². The summed E-state index contributed by atoms with van der Waals surface area (Å²) in [7, 11) is 0. The molecule has 0 amide bonds. The lowest BCUT2D eigenvalue weighted by Crippen LogP contribution is -2.39. The molecule has 0 bridgehead atoms. The average Bonchev–Trinajstić information content (AvgIpc) is 2.29. The number of hydrogen-bond donors (Lipinski definition) is 1. The van der Waals surface area contributed by atoms with Crippen LogP contribution in [-0.2, 0) is 4.74 Å². The molecule has 0 spiro atoms. The van der Waals surface area contributed by atoms with Gasteiger partial charge in [0.15, 0.2) is 0 Å². The Bertz CT molecular complexity index is 257. The second-order valence-electron chi connectivity index (χ2n) is 4.56. The minimum Gasteiger partial charge on any atom is -0.372 e. The molecule has 2 unspecified atom stereocenters. The Morgan fingerprint density at radius 2 is 2.13 bits per heavy atom. The van der Waals surface area contributed by atoms with E-state index in [0.29, 0.717) is 0 Å². The molecule has 2 N–H and O–H groups in total. The maximum absolute atomic E-state index is 6.03. The van der Waals surface area contributed by atoms with E-state index in [0.717, 1.165) is 25.9 Å². The van der Waals surface area contributed by atoms with Gasteiger partial charge in [-0.2, -0.15) is 0 Å². The first-order valence-corrected chi connectivity index (χ1v) is 6.09. The molecule has 84 valence electrons. The van der Waals surface area contributed by atoms with Gasteiger partial charge in [0.2, 0.25) is 0 Å². The number of nitrogens with two attached hydrogens (primary N) is 1. The van der Waals surface area contributed by atoms with E-state index in [4.69, 9.17) is 10.5 Å². The first-order chi connectivity index (χ1) is 7.36. The molecule has 0 aliphatic heterocycles. The van der Waals surface area contributed by atoms with E-state index in [2.05, 4.69) is 18.2 Å². The van der Waals surface area contributed by atoms with Gasteiger partial charge in [0.25, 0.3) is 0 Å². The molecule has 15 heavy (non-hydrogen) atoms. The van der Waals surface area contributed by atoms with Gasteiger partial charge in [0.05, 0.1) is 12.7 Å². The Morgan fingerprint density at radius 1 is 1.27 bits per heavy atom.